The Morgan fingerprint density at radius 3 is 2.25 bits per heavy atom. The third-order valence-electron chi connectivity index (χ3n) is 12.7. The lowest BCUT2D eigenvalue weighted by molar-refractivity contribution is 0.570. The number of nitrogens with zero attached hydrogens (tertiary/aromatic N) is 2. The summed E-state index contributed by atoms with van der Waals surface area (Å²) in [4.78, 5) is 2.58. The van der Waals surface area contributed by atoms with Gasteiger partial charge in [-0.3, -0.25) is 4.57 Å². The van der Waals surface area contributed by atoms with Gasteiger partial charge in [0.2, 0.25) is 5.71 Å². The van der Waals surface area contributed by atoms with E-state index in [9.17, 15) is 0 Å². The molecule has 0 bridgehead atoms. The average Bonchev–Trinajstić information content (AvgIpc) is 3.98. The highest BCUT2D eigenvalue weighted by Gasteiger charge is 2.45. The van der Waals surface area contributed by atoms with E-state index < -0.39 is 0 Å². The molecule has 0 N–H and O–H groups in total. The van der Waals surface area contributed by atoms with E-state index >= 15 is 0 Å². The SMILES string of the molecule is C=C/C(c1ccc2c(c1)C1c3ccccc3CC1N2c1ccccc1)=c1/cccc/c1=C(/C)c1ccc2c(c1)c1c3c(oc1n2-c1ccccc1)C=CCC3C. The summed E-state index contributed by atoms with van der Waals surface area (Å²) in [5.41, 5.74) is 16.1. The summed E-state index contributed by atoms with van der Waals surface area (Å²) in [5.74, 6) is 1.68. The zero-order valence-electron chi connectivity index (χ0n) is 31.7. The van der Waals surface area contributed by atoms with Gasteiger partial charge in [0, 0.05) is 40.0 Å². The molecule has 6 aromatic carbocycles. The zero-order valence-corrected chi connectivity index (χ0v) is 31.7. The molecule has 0 fully saturated rings. The number of benzene rings is 6. The van der Waals surface area contributed by atoms with Gasteiger partial charge in [0.1, 0.15) is 5.76 Å². The molecule has 3 atom stereocenters. The highest BCUT2D eigenvalue weighted by Crippen LogP contribution is 2.54. The standard InChI is InChI=1S/C53H42N2O/c1-4-40(37-27-29-46-44(31-37)51-42-23-12-11-17-36(42)32-48(51)54(46)38-18-7-5-8-19-38)43-24-14-13-22-41(43)34(3)35-26-28-47-45(30-35)52-50-33(2)16-15-25-49(50)56-53(52)55(47)39-20-9-6-10-21-39/h4-15,17-31,33,48,51H,1,16,32H2,2-3H3/b41-34+,43-40+. The van der Waals surface area contributed by atoms with Crippen LogP contribution >= 0.6 is 0 Å². The van der Waals surface area contributed by atoms with Crippen LogP contribution < -0.4 is 15.3 Å². The molecule has 0 spiro atoms. The Balaban J connectivity index is 1.11. The van der Waals surface area contributed by atoms with E-state index in [1.807, 2.05) is 0 Å². The van der Waals surface area contributed by atoms with Crippen LogP contribution in [0.2, 0.25) is 0 Å². The van der Waals surface area contributed by atoms with Gasteiger partial charge in [-0.1, -0.05) is 123 Å². The summed E-state index contributed by atoms with van der Waals surface area (Å²) in [6.45, 7) is 9.00. The van der Waals surface area contributed by atoms with Crippen LogP contribution in [0.4, 0.5) is 11.4 Å². The number of hydrogen-bond acceptors (Lipinski definition) is 2. The van der Waals surface area contributed by atoms with Gasteiger partial charge in [0.15, 0.2) is 0 Å². The number of aromatic nitrogens is 1. The lowest BCUT2D eigenvalue weighted by Crippen LogP contribution is -2.28. The Morgan fingerprint density at radius 2 is 1.45 bits per heavy atom. The molecular formula is C53H42N2O. The minimum absolute atomic E-state index is 0.314. The third-order valence-corrected chi connectivity index (χ3v) is 12.7. The fraction of sp³-hybridized carbons (Fsp3) is 0.132. The normalized spacial score (nSPS) is 19.1. The number of para-hydroxylation sites is 2. The number of furan rings is 1. The van der Waals surface area contributed by atoms with Gasteiger partial charge in [-0.2, -0.15) is 0 Å². The molecule has 3 unspecified atom stereocenters. The fourth-order valence-corrected chi connectivity index (χ4v) is 10.1. The molecule has 0 amide bonds. The molecule has 56 heavy (non-hydrogen) atoms. The molecule has 3 nitrogen and oxygen atoms in total. The van der Waals surface area contributed by atoms with Crippen molar-refractivity contribution in [3.05, 3.63) is 214 Å². The second-order valence-electron chi connectivity index (χ2n) is 15.7. The predicted molar refractivity (Wildman–Crippen MR) is 232 cm³/mol. The first kappa shape index (κ1) is 32.8. The van der Waals surface area contributed by atoms with Gasteiger partial charge in [-0.05, 0) is 130 Å². The number of allylic oxidation sites excluding steroid dienone is 2. The van der Waals surface area contributed by atoms with Crippen molar-refractivity contribution in [2.75, 3.05) is 4.90 Å². The predicted octanol–water partition coefficient (Wildman–Crippen LogP) is 11.7. The van der Waals surface area contributed by atoms with E-state index in [0.717, 1.165) is 41.1 Å². The first-order chi connectivity index (χ1) is 27.6. The zero-order chi connectivity index (χ0) is 37.5. The maximum Gasteiger partial charge on any atom is 0.213 e. The van der Waals surface area contributed by atoms with E-state index in [1.54, 1.807) is 0 Å². The van der Waals surface area contributed by atoms with E-state index in [0.29, 0.717) is 17.9 Å². The quantitative estimate of drug-likeness (QED) is 0.176. The van der Waals surface area contributed by atoms with Crippen LogP contribution in [0.25, 0.3) is 44.9 Å². The molecule has 270 valence electrons. The molecule has 2 aromatic heterocycles. The molecule has 0 saturated carbocycles. The molecule has 3 heterocycles. The van der Waals surface area contributed by atoms with Crippen molar-refractivity contribution in [2.45, 2.75) is 44.6 Å². The van der Waals surface area contributed by atoms with Gasteiger partial charge in [-0.25, -0.2) is 0 Å². The fourth-order valence-electron chi connectivity index (χ4n) is 10.1. The van der Waals surface area contributed by atoms with E-state index in [2.05, 4.69) is 194 Å². The van der Waals surface area contributed by atoms with Crippen LogP contribution in [0.15, 0.2) is 169 Å². The monoisotopic (exact) mass is 722 g/mol. The molecule has 2 aliphatic carbocycles. The molecule has 3 heteroatoms. The Bertz CT molecular complexity index is 3030. The van der Waals surface area contributed by atoms with Gasteiger partial charge in [-0.15, -0.1) is 0 Å². The van der Waals surface area contributed by atoms with Crippen molar-refractivity contribution in [1.29, 1.82) is 0 Å². The molecule has 0 saturated heterocycles. The van der Waals surface area contributed by atoms with Crippen LogP contribution in [0.5, 0.6) is 0 Å². The van der Waals surface area contributed by atoms with Crippen molar-refractivity contribution >= 4 is 50.6 Å². The minimum Gasteiger partial charge on any atom is -0.439 e. The minimum atomic E-state index is 0.314. The Labute approximate surface area is 327 Å². The highest BCUT2D eigenvalue weighted by molar-refractivity contribution is 6.11. The lowest BCUT2D eigenvalue weighted by atomic mass is 9.89. The average molecular weight is 723 g/mol. The molecular weight excluding hydrogens is 681 g/mol. The number of fused-ring (bicyclic) bond motifs is 10. The largest absolute Gasteiger partial charge is 0.439 e. The molecule has 1 aliphatic heterocycles. The van der Waals surface area contributed by atoms with Crippen LogP contribution in [-0.4, -0.2) is 10.6 Å². The van der Waals surface area contributed by atoms with Crippen molar-refractivity contribution in [3.8, 4) is 5.69 Å². The molecule has 0 radical (unpaired) electrons. The summed E-state index contributed by atoms with van der Waals surface area (Å²) >= 11 is 0. The summed E-state index contributed by atoms with van der Waals surface area (Å²) in [6.07, 6.45) is 8.50. The Kier molecular flexibility index (Phi) is 7.47. The molecule has 11 rings (SSSR count). The van der Waals surface area contributed by atoms with Crippen molar-refractivity contribution < 1.29 is 4.42 Å². The molecule has 3 aliphatic rings. The maximum absolute atomic E-state index is 6.69. The van der Waals surface area contributed by atoms with Crippen LogP contribution in [0, 0.1) is 0 Å². The smallest absolute Gasteiger partial charge is 0.213 e. The second kappa shape index (κ2) is 12.7. The highest BCUT2D eigenvalue weighted by atomic mass is 16.3. The van der Waals surface area contributed by atoms with Crippen molar-refractivity contribution in [3.63, 3.8) is 0 Å². The van der Waals surface area contributed by atoms with Crippen LogP contribution in [-0.2, 0) is 6.42 Å². The topological polar surface area (TPSA) is 21.3 Å². The number of hydrogen-bond donors (Lipinski definition) is 0. The van der Waals surface area contributed by atoms with E-state index in [-0.39, 0.29) is 0 Å². The number of anilines is 2. The van der Waals surface area contributed by atoms with Gasteiger partial charge >= 0.3 is 0 Å². The van der Waals surface area contributed by atoms with Gasteiger partial charge in [0.25, 0.3) is 0 Å². The summed E-state index contributed by atoms with van der Waals surface area (Å²) in [6, 6.07) is 53.8. The maximum atomic E-state index is 6.69. The lowest BCUT2D eigenvalue weighted by Gasteiger charge is -2.27. The molecule has 8 aromatic rings. The second-order valence-corrected chi connectivity index (χ2v) is 15.7. The summed E-state index contributed by atoms with van der Waals surface area (Å²) in [7, 11) is 0. The van der Waals surface area contributed by atoms with Crippen molar-refractivity contribution in [1.82, 2.24) is 4.57 Å². The van der Waals surface area contributed by atoms with Gasteiger partial charge < -0.3 is 9.32 Å². The Morgan fingerprint density at radius 1 is 0.732 bits per heavy atom. The first-order valence-electron chi connectivity index (χ1n) is 19.9. The first-order valence-corrected chi connectivity index (χ1v) is 19.9. The van der Waals surface area contributed by atoms with Crippen LogP contribution in [0.1, 0.15) is 71.2 Å². The summed E-state index contributed by atoms with van der Waals surface area (Å²) < 4.78 is 8.98. The van der Waals surface area contributed by atoms with Crippen molar-refractivity contribution in [2.24, 2.45) is 0 Å². The summed E-state index contributed by atoms with van der Waals surface area (Å²) in [5, 5.41) is 4.85. The number of rotatable bonds is 5. The van der Waals surface area contributed by atoms with Crippen LogP contribution in [0.3, 0.4) is 0 Å². The Hall–Kier alpha value is -6.58. The van der Waals surface area contributed by atoms with Gasteiger partial charge in [0.05, 0.1) is 10.9 Å². The van der Waals surface area contributed by atoms with E-state index in [4.69, 9.17) is 4.42 Å². The third kappa shape index (κ3) is 4.83. The van der Waals surface area contributed by atoms with E-state index in [1.165, 1.54) is 71.5 Å².